The van der Waals surface area contributed by atoms with Crippen LogP contribution in [0.2, 0.25) is 0 Å². The molecular weight excluding hydrogens is 256 g/mol. The van der Waals surface area contributed by atoms with Gasteiger partial charge in [0.1, 0.15) is 0 Å². The molecule has 2 heterocycles. The molecule has 3 aliphatic rings. The first-order valence-electron chi connectivity index (χ1n) is 8.64. The molecule has 114 valence electrons. The zero-order valence-electron chi connectivity index (χ0n) is 13.6. The molecule has 0 aromatic heterocycles. The molecule has 1 aromatic carbocycles. The first-order valence-corrected chi connectivity index (χ1v) is 8.64. The number of benzene rings is 1. The third kappa shape index (κ3) is 2.07. The second-order valence-corrected chi connectivity index (χ2v) is 8.05. The van der Waals surface area contributed by atoms with E-state index in [1.54, 1.807) is 11.1 Å². The van der Waals surface area contributed by atoms with E-state index in [9.17, 15) is 0 Å². The Morgan fingerprint density at radius 2 is 2.00 bits per heavy atom. The van der Waals surface area contributed by atoms with Crippen molar-refractivity contribution in [1.29, 1.82) is 0 Å². The van der Waals surface area contributed by atoms with Crippen molar-refractivity contribution in [2.75, 3.05) is 19.6 Å². The van der Waals surface area contributed by atoms with Crippen molar-refractivity contribution < 1.29 is 0 Å². The second-order valence-electron chi connectivity index (χ2n) is 8.05. The van der Waals surface area contributed by atoms with Crippen LogP contribution in [0, 0.1) is 11.8 Å². The van der Waals surface area contributed by atoms with Crippen molar-refractivity contribution in [2.24, 2.45) is 11.8 Å². The first-order chi connectivity index (χ1) is 10.1. The van der Waals surface area contributed by atoms with Crippen molar-refractivity contribution >= 4 is 0 Å². The van der Waals surface area contributed by atoms with E-state index in [2.05, 4.69) is 55.3 Å². The van der Waals surface area contributed by atoms with Crippen molar-refractivity contribution in [1.82, 2.24) is 10.2 Å². The van der Waals surface area contributed by atoms with E-state index in [4.69, 9.17) is 0 Å². The number of rotatable bonds is 1. The summed E-state index contributed by atoms with van der Waals surface area (Å²) in [6.45, 7) is 11.0. The smallest absolute Gasteiger partial charge is 0.0354 e. The van der Waals surface area contributed by atoms with E-state index in [-0.39, 0.29) is 0 Å². The Kier molecular flexibility index (Phi) is 3.16. The van der Waals surface area contributed by atoms with Crippen LogP contribution >= 0.6 is 0 Å². The molecule has 21 heavy (non-hydrogen) atoms. The number of nitrogens with one attached hydrogen (secondary N) is 1. The Labute approximate surface area is 128 Å². The van der Waals surface area contributed by atoms with Crippen molar-refractivity contribution in [3.63, 3.8) is 0 Å². The normalized spacial score (nSPS) is 38.2. The molecule has 2 fully saturated rings. The lowest BCUT2D eigenvalue weighted by Crippen LogP contribution is -2.40. The molecule has 0 amide bonds. The lowest BCUT2D eigenvalue weighted by Gasteiger charge is -2.42. The Morgan fingerprint density at radius 3 is 2.81 bits per heavy atom. The molecule has 0 bridgehead atoms. The highest BCUT2D eigenvalue weighted by molar-refractivity contribution is 5.38. The van der Waals surface area contributed by atoms with Crippen LogP contribution in [0.15, 0.2) is 24.3 Å². The van der Waals surface area contributed by atoms with Crippen molar-refractivity contribution in [2.45, 2.75) is 51.1 Å². The van der Waals surface area contributed by atoms with Crippen LogP contribution in [0.3, 0.4) is 0 Å². The van der Waals surface area contributed by atoms with Gasteiger partial charge in [-0.15, -0.1) is 0 Å². The fourth-order valence-electron chi connectivity index (χ4n) is 5.15. The SMILES string of the molecule is CC1C2CNCC2CN1C1CCC(C)(C)c2ccccc21. The Balaban J connectivity index is 1.68. The zero-order chi connectivity index (χ0) is 14.6. The lowest BCUT2D eigenvalue weighted by molar-refractivity contribution is 0.142. The van der Waals surface area contributed by atoms with Crippen molar-refractivity contribution in [3.8, 4) is 0 Å². The fourth-order valence-corrected chi connectivity index (χ4v) is 5.15. The molecule has 4 unspecified atom stereocenters. The van der Waals surface area contributed by atoms with Gasteiger partial charge in [0.2, 0.25) is 0 Å². The number of likely N-dealkylation sites (tertiary alicyclic amines) is 1. The molecule has 0 saturated carbocycles. The summed E-state index contributed by atoms with van der Waals surface area (Å²) >= 11 is 0. The third-order valence-electron chi connectivity index (χ3n) is 6.47. The molecule has 4 atom stereocenters. The van der Waals surface area contributed by atoms with E-state index in [1.807, 2.05) is 0 Å². The molecular formula is C19H28N2. The predicted molar refractivity (Wildman–Crippen MR) is 87.5 cm³/mol. The third-order valence-corrected chi connectivity index (χ3v) is 6.47. The van der Waals surface area contributed by atoms with Crippen LogP contribution in [0.5, 0.6) is 0 Å². The van der Waals surface area contributed by atoms with Gasteiger partial charge in [0, 0.05) is 18.6 Å². The highest BCUT2D eigenvalue weighted by atomic mass is 15.2. The van der Waals surface area contributed by atoms with Gasteiger partial charge >= 0.3 is 0 Å². The molecule has 0 radical (unpaired) electrons. The lowest BCUT2D eigenvalue weighted by atomic mass is 9.70. The van der Waals surface area contributed by atoms with E-state index < -0.39 is 0 Å². The summed E-state index contributed by atoms with van der Waals surface area (Å²) in [5, 5.41) is 3.58. The number of hydrogen-bond donors (Lipinski definition) is 1. The van der Waals surface area contributed by atoms with Crippen LogP contribution in [-0.2, 0) is 5.41 Å². The van der Waals surface area contributed by atoms with Gasteiger partial charge in [0.05, 0.1) is 0 Å². The van der Waals surface area contributed by atoms with Gasteiger partial charge in [-0.3, -0.25) is 4.90 Å². The largest absolute Gasteiger partial charge is 0.316 e. The van der Waals surface area contributed by atoms with Gasteiger partial charge < -0.3 is 5.32 Å². The quantitative estimate of drug-likeness (QED) is 0.851. The van der Waals surface area contributed by atoms with Crippen LogP contribution in [-0.4, -0.2) is 30.6 Å². The molecule has 1 aromatic rings. The highest BCUT2D eigenvalue weighted by Crippen LogP contribution is 2.47. The summed E-state index contributed by atoms with van der Waals surface area (Å²) in [6.07, 6.45) is 2.63. The molecule has 2 aliphatic heterocycles. The fraction of sp³-hybridized carbons (Fsp3) is 0.684. The van der Waals surface area contributed by atoms with Gasteiger partial charge in [-0.05, 0) is 61.2 Å². The molecule has 2 nitrogen and oxygen atoms in total. The van der Waals surface area contributed by atoms with Gasteiger partial charge in [-0.2, -0.15) is 0 Å². The topological polar surface area (TPSA) is 15.3 Å². The molecule has 4 rings (SSSR count). The van der Waals surface area contributed by atoms with E-state index in [0.29, 0.717) is 11.5 Å². The first kappa shape index (κ1) is 13.8. The summed E-state index contributed by atoms with van der Waals surface area (Å²) in [5.41, 5.74) is 3.53. The number of fused-ring (bicyclic) bond motifs is 2. The monoisotopic (exact) mass is 284 g/mol. The predicted octanol–water partition coefficient (Wildman–Crippen LogP) is 3.34. The minimum absolute atomic E-state index is 0.341. The maximum atomic E-state index is 3.58. The van der Waals surface area contributed by atoms with E-state index >= 15 is 0 Å². The maximum Gasteiger partial charge on any atom is 0.0354 e. The molecule has 0 spiro atoms. The van der Waals surface area contributed by atoms with Gasteiger partial charge in [-0.1, -0.05) is 38.1 Å². The zero-order valence-corrected chi connectivity index (χ0v) is 13.6. The van der Waals surface area contributed by atoms with Gasteiger partial charge in [0.15, 0.2) is 0 Å². The van der Waals surface area contributed by atoms with Gasteiger partial charge in [0.25, 0.3) is 0 Å². The standard InChI is InChI=1S/C19H28N2/c1-13-16-11-20-10-14(16)12-21(13)18-8-9-19(2,3)17-7-5-4-6-15(17)18/h4-7,13-14,16,18,20H,8-12H2,1-3H3. The summed E-state index contributed by atoms with van der Waals surface area (Å²) < 4.78 is 0. The Bertz CT molecular complexity index is 536. The molecule has 1 aliphatic carbocycles. The number of hydrogen-bond acceptors (Lipinski definition) is 2. The molecule has 2 heteroatoms. The Morgan fingerprint density at radius 1 is 1.19 bits per heavy atom. The van der Waals surface area contributed by atoms with E-state index in [1.165, 1.54) is 32.5 Å². The van der Waals surface area contributed by atoms with Crippen LogP contribution in [0.25, 0.3) is 0 Å². The van der Waals surface area contributed by atoms with E-state index in [0.717, 1.165) is 17.9 Å². The minimum Gasteiger partial charge on any atom is -0.316 e. The summed E-state index contributed by atoms with van der Waals surface area (Å²) in [7, 11) is 0. The van der Waals surface area contributed by atoms with Crippen LogP contribution < -0.4 is 5.32 Å². The number of nitrogens with zero attached hydrogens (tertiary/aromatic N) is 1. The summed E-state index contributed by atoms with van der Waals surface area (Å²) in [6, 6.07) is 10.6. The summed E-state index contributed by atoms with van der Waals surface area (Å²) in [5.74, 6) is 1.74. The van der Waals surface area contributed by atoms with Crippen molar-refractivity contribution in [3.05, 3.63) is 35.4 Å². The van der Waals surface area contributed by atoms with Crippen LogP contribution in [0.1, 0.15) is 50.8 Å². The maximum absolute atomic E-state index is 3.58. The van der Waals surface area contributed by atoms with Gasteiger partial charge in [-0.25, -0.2) is 0 Å². The van der Waals surface area contributed by atoms with Crippen LogP contribution in [0.4, 0.5) is 0 Å². The molecule has 2 saturated heterocycles. The minimum atomic E-state index is 0.341. The molecule has 1 N–H and O–H groups in total. The second kappa shape index (κ2) is 4.82. The average molecular weight is 284 g/mol. The average Bonchev–Trinajstić information content (AvgIpc) is 3.03. The summed E-state index contributed by atoms with van der Waals surface area (Å²) in [4.78, 5) is 2.82. The highest BCUT2D eigenvalue weighted by Gasteiger charge is 2.46. The Hall–Kier alpha value is -0.860.